The van der Waals surface area contributed by atoms with Crippen LogP contribution in [0.5, 0.6) is 88.1 Å². The number of hydrogen-bond acceptors (Lipinski definition) is 27. The van der Waals surface area contributed by atoms with E-state index in [0.29, 0.717) is 0 Å². The number of phenols is 2. The number of sulfone groups is 4. The van der Waals surface area contributed by atoms with Gasteiger partial charge in [-0.2, -0.15) is 9.97 Å². The van der Waals surface area contributed by atoms with Crippen LogP contribution < -0.4 is 37.9 Å². The van der Waals surface area contributed by atoms with Gasteiger partial charge in [0.15, 0.2) is 11.5 Å². The van der Waals surface area contributed by atoms with Crippen LogP contribution in [0.4, 0.5) is 0 Å². The lowest BCUT2D eigenvalue weighted by Crippen LogP contribution is -2.10. The number of benzene rings is 7. The number of phenolic OH excluding ortho intramolecular Hbond substituents is 2. The summed E-state index contributed by atoms with van der Waals surface area (Å²) < 4.78 is 158. The minimum atomic E-state index is -4.80. The molecule has 0 aliphatic rings. The molecule has 3 heterocycles. The molecule has 0 aliphatic heterocycles. The van der Waals surface area contributed by atoms with E-state index < -0.39 is 83.8 Å². The van der Waals surface area contributed by atoms with Gasteiger partial charge in [-0.25, -0.2) is 38.7 Å². The highest BCUT2D eigenvalue weighted by atomic mass is 32.2. The number of hydrogen-bond donors (Lipinski definition) is 2. The highest BCUT2D eigenvalue weighted by Gasteiger charge is 2.32. The van der Waals surface area contributed by atoms with Gasteiger partial charge in [0, 0.05) is 6.07 Å². The molecule has 0 unspecified atom stereocenters. The van der Waals surface area contributed by atoms with Gasteiger partial charge in [-0.05, 0) is 127 Å². The fourth-order valence-corrected chi connectivity index (χ4v) is 13.2. The molecule has 27 nitrogen and oxygen atoms in total. The SMILES string of the molecule is COc1nc(Oc2ccc(S(=O)(=O)c3cc(OC)c(Oc4ncncn4)c(S(=O)(=O)c4ccc(Oc5nc(OC)nc(Oc6ccccc6S(=O)(=O)c6ccc(O)cc6)n5)cc4)c3)cc2)nc(Oc2ccccc2S(=O)(=O)c2ccc(O)cc2)n1. The average Bonchev–Trinajstić information content (AvgIpc) is 3.50. The fourth-order valence-electron chi connectivity index (χ4n) is 7.60. The van der Waals surface area contributed by atoms with Gasteiger partial charge in [-0.3, -0.25) is 0 Å². The second-order valence-electron chi connectivity index (χ2n) is 17.0. The molecule has 0 fully saturated rings. The molecule has 0 amide bonds. The summed E-state index contributed by atoms with van der Waals surface area (Å²) in [6.07, 6.45) is 2.16. The predicted molar refractivity (Wildman–Crippen MR) is 290 cm³/mol. The molecule has 7 aromatic carbocycles. The molecule has 3 aromatic heterocycles. The number of aromatic hydroxyl groups is 2. The standard InChI is InChI=1S/C54H39N9O18S4/c1-74-43-28-40(82(66,67)36-24-16-34(17-25-36)77-51-58-49(75-2)60-53(62-51)79-41-8-4-6-10-44(41)83(68,69)37-20-12-32(64)13-21-37)29-46(47(43)81-48-56-30-55-31-57-48)85(72,73)39-26-18-35(19-27-39)78-52-59-50(76-3)61-54(63-52)80-42-9-5-7-11-45(42)84(70,71)38-22-14-33(65)15-23-38/h4-31,64-65H,1-3H3. The zero-order valence-electron chi connectivity index (χ0n) is 43.8. The summed E-state index contributed by atoms with van der Waals surface area (Å²) in [5.41, 5.74) is 0. The quantitative estimate of drug-likeness (QED) is 0.0688. The second kappa shape index (κ2) is 23.7. The molecule has 2 N–H and O–H groups in total. The molecular weight excluding hydrogens is 1190 g/mol. The van der Waals surface area contributed by atoms with Crippen LogP contribution in [0.2, 0.25) is 0 Å². The lowest BCUT2D eigenvalue weighted by molar-refractivity contribution is 0.334. The summed E-state index contributed by atoms with van der Waals surface area (Å²) in [6.45, 7) is 0. The smallest absolute Gasteiger partial charge is 0.331 e. The lowest BCUT2D eigenvalue weighted by Gasteiger charge is -2.17. The Hall–Kier alpha value is -10.6. The molecule has 10 aromatic rings. The van der Waals surface area contributed by atoms with Gasteiger partial charge in [0.2, 0.25) is 39.3 Å². The van der Waals surface area contributed by atoms with Crippen LogP contribution in [0.15, 0.2) is 210 Å². The van der Waals surface area contributed by atoms with Crippen molar-refractivity contribution >= 4 is 39.3 Å². The van der Waals surface area contributed by atoms with Gasteiger partial charge in [0.05, 0.1) is 45.8 Å². The fraction of sp³-hybridized carbons (Fsp3) is 0.0556. The Labute approximate surface area is 482 Å². The molecule has 0 atom stereocenters. The van der Waals surface area contributed by atoms with Gasteiger partial charge in [0.25, 0.3) is 0 Å². The number of methoxy groups -OCH3 is 3. The summed E-state index contributed by atoms with van der Waals surface area (Å²) in [7, 11) is -14.2. The molecule has 0 saturated carbocycles. The zero-order chi connectivity index (χ0) is 60.1. The van der Waals surface area contributed by atoms with Crippen molar-refractivity contribution in [2.75, 3.05) is 21.3 Å². The van der Waals surface area contributed by atoms with Crippen molar-refractivity contribution in [3.8, 4) is 88.1 Å². The third-order valence-corrected chi connectivity index (χ3v) is 18.8. The monoisotopic (exact) mass is 1230 g/mol. The van der Waals surface area contributed by atoms with Crippen molar-refractivity contribution in [2.45, 2.75) is 39.2 Å². The van der Waals surface area contributed by atoms with Gasteiger partial charge in [0.1, 0.15) is 61.8 Å². The van der Waals surface area contributed by atoms with E-state index in [1.54, 1.807) is 0 Å². The summed E-state index contributed by atoms with van der Waals surface area (Å²) in [4.78, 5) is 33.3. The third kappa shape index (κ3) is 12.4. The van der Waals surface area contributed by atoms with Gasteiger partial charge in [-0.15, -0.1) is 29.9 Å². The van der Waals surface area contributed by atoms with E-state index in [9.17, 15) is 43.9 Å². The minimum absolute atomic E-state index is 0.0205. The van der Waals surface area contributed by atoms with E-state index in [1.807, 2.05) is 0 Å². The van der Waals surface area contributed by atoms with Crippen LogP contribution >= 0.6 is 0 Å². The van der Waals surface area contributed by atoms with Crippen molar-refractivity contribution in [1.82, 2.24) is 44.9 Å². The minimum Gasteiger partial charge on any atom is -0.508 e. The first-order chi connectivity index (χ1) is 40.7. The molecule has 0 bridgehead atoms. The Bertz CT molecular complexity index is 4600. The average molecular weight is 1230 g/mol. The lowest BCUT2D eigenvalue weighted by atomic mass is 10.3. The normalized spacial score (nSPS) is 11.7. The molecule has 10 rings (SSSR count). The first-order valence-corrected chi connectivity index (χ1v) is 30.0. The molecule has 0 radical (unpaired) electrons. The van der Waals surface area contributed by atoms with Gasteiger partial charge >= 0.3 is 42.1 Å². The van der Waals surface area contributed by atoms with Crippen LogP contribution in [-0.4, -0.2) is 110 Å². The molecule has 0 spiro atoms. The van der Waals surface area contributed by atoms with Crippen LogP contribution in [0, 0.1) is 0 Å². The van der Waals surface area contributed by atoms with E-state index in [-0.39, 0.29) is 82.8 Å². The number of nitrogens with zero attached hydrogens (tertiary/aromatic N) is 9. The van der Waals surface area contributed by atoms with Crippen molar-refractivity contribution in [2.24, 2.45) is 0 Å². The molecule has 0 saturated heterocycles. The maximum atomic E-state index is 14.8. The zero-order valence-corrected chi connectivity index (χ0v) is 47.0. The summed E-state index contributed by atoms with van der Waals surface area (Å²) >= 11 is 0. The van der Waals surface area contributed by atoms with Gasteiger partial charge < -0.3 is 48.1 Å². The number of rotatable bonds is 21. The summed E-state index contributed by atoms with van der Waals surface area (Å²) in [5.74, 6) is -1.58. The maximum absolute atomic E-state index is 14.8. The van der Waals surface area contributed by atoms with Crippen molar-refractivity contribution in [1.29, 1.82) is 0 Å². The van der Waals surface area contributed by atoms with Crippen LogP contribution in [0.1, 0.15) is 0 Å². The molecule has 432 valence electrons. The Morgan fingerprint density at radius 3 is 1.11 bits per heavy atom. The number of para-hydroxylation sites is 2. The Morgan fingerprint density at radius 1 is 0.329 bits per heavy atom. The summed E-state index contributed by atoms with van der Waals surface area (Å²) in [5, 5.41) is 19.4. The highest BCUT2D eigenvalue weighted by molar-refractivity contribution is 7.92. The van der Waals surface area contributed by atoms with E-state index >= 15 is 0 Å². The highest BCUT2D eigenvalue weighted by Crippen LogP contribution is 2.44. The van der Waals surface area contributed by atoms with Crippen LogP contribution in [0.25, 0.3) is 0 Å². The van der Waals surface area contributed by atoms with Gasteiger partial charge in [-0.1, -0.05) is 24.3 Å². The van der Waals surface area contributed by atoms with E-state index in [1.165, 1.54) is 136 Å². The van der Waals surface area contributed by atoms with Crippen molar-refractivity contribution in [3.63, 3.8) is 0 Å². The topological polar surface area (TPSA) is 367 Å². The Morgan fingerprint density at radius 2 is 0.694 bits per heavy atom. The van der Waals surface area contributed by atoms with Crippen molar-refractivity contribution in [3.05, 3.63) is 170 Å². The predicted octanol–water partition coefficient (Wildman–Crippen LogP) is 7.97. The number of aromatic nitrogens is 9. The summed E-state index contributed by atoms with van der Waals surface area (Å²) in [6, 6.07) is 29.7. The first kappa shape index (κ1) is 57.6. The Kier molecular flexibility index (Phi) is 16.1. The van der Waals surface area contributed by atoms with Crippen LogP contribution in [0.3, 0.4) is 0 Å². The Balaban J connectivity index is 0.913. The largest absolute Gasteiger partial charge is 0.508 e. The molecule has 31 heteroatoms. The molecule has 85 heavy (non-hydrogen) atoms. The first-order valence-electron chi connectivity index (χ1n) is 24.1. The van der Waals surface area contributed by atoms with Crippen LogP contribution in [-0.2, 0) is 39.3 Å². The molecular formula is C54H39N9O18S4. The van der Waals surface area contributed by atoms with Crippen molar-refractivity contribution < 1.29 is 81.8 Å². The maximum Gasteiger partial charge on any atom is 0.331 e. The molecule has 0 aliphatic carbocycles. The third-order valence-electron chi connectivity index (χ3n) is 11.7. The second-order valence-corrected chi connectivity index (χ2v) is 24.7. The van der Waals surface area contributed by atoms with E-state index in [2.05, 4.69) is 44.9 Å². The van der Waals surface area contributed by atoms with E-state index in [4.69, 9.17) is 37.9 Å². The number of ether oxygens (including phenoxy) is 8. The van der Waals surface area contributed by atoms with E-state index in [0.717, 1.165) is 56.2 Å².